The molecule has 3 aromatic carbocycles. The minimum Gasteiger partial charge on any atom is -0.457 e. The maximum absolute atomic E-state index is 12.9. The van der Waals surface area contributed by atoms with Gasteiger partial charge in [0.15, 0.2) is 0 Å². The lowest BCUT2D eigenvalue weighted by atomic mass is 10.2. The van der Waals surface area contributed by atoms with E-state index in [-0.39, 0.29) is 16.4 Å². The molecule has 2 amide bonds. The van der Waals surface area contributed by atoms with Gasteiger partial charge in [-0.3, -0.25) is 9.59 Å². The smallest absolute Gasteiger partial charge is 0.283 e. The molecule has 0 saturated carbocycles. The van der Waals surface area contributed by atoms with Gasteiger partial charge >= 0.3 is 0 Å². The van der Waals surface area contributed by atoms with Crippen LogP contribution in [0.25, 0.3) is 0 Å². The number of benzene rings is 3. The minimum absolute atomic E-state index is 0.0329. The van der Waals surface area contributed by atoms with E-state index in [9.17, 15) is 9.59 Å². The summed E-state index contributed by atoms with van der Waals surface area (Å²) in [5, 5.41) is 3.28. The quantitative estimate of drug-likeness (QED) is 0.460. The Kier molecular flexibility index (Phi) is 5.68. The maximum atomic E-state index is 12.9. The van der Waals surface area contributed by atoms with Crippen LogP contribution in [0.3, 0.4) is 0 Å². The summed E-state index contributed by atoms with van der Waals surface area (Å²) in [4.78, 5) is 26.3. The molecule has 5 nitrogen and oxygen atoms in total. The average Bonchev–Trinajstić information content (AvgIpc) is 2.93. The van der Waals surface area contributed by atoms with Gasteiger partial charge in [0.05, 0.1) is 5.69 Å². The van der Waals surface area contributed by atoms with Gasteiger partial charge < -0.3 is 10.1 Å². The fourth-order valence-corrected chi connectivity index (χ4v) is 3.62. The summed E-state index contributed by atoms with van der Waals surface area (Å²) in [6.45, 7) is 0. The zero-order valence-electron chi connectivity index (χ0n) is 15.2. The first kappa shape index (κ1) is 20.3. The number of nitrogens with zero attached hydrogens (tertiary/aromatic N) is 1. The number of hydrogen-bond acceptors (Lipinski definition) is 4. The highest BCUT2D eigenvalue weighted by Crippen LogP contribution is 2.33. The van der Waals surface area contributed by atoms with Crippen LogP contribution in [0.15, 0.2) is 83.5 Å². The van der Waals surface area contributed by atoms with E-state index in [4.69, 9.17) is 39.5 Å². The number of imide groups is 1. The second-order valence-corrected chi connectivity index (χ2v) is 7.58. The van der Waals surface area contributed by atoms with Crippen molar-refractivity contribution >= 4 is 58.0 Å². The molecule has 3 aromatic rings. The van der Waals surface area contributed by atoms with Gasteiger partial charge in [-0.15, -0.1) is 0 Å². The molecule has 0 aliphatic carbocycles. The van der Waals surface area contributed by atoms with Crippen LogP contribution in [-0.2, 0) is 9.59 Å². The van der Waals surface area contributed by atoms with E-state index in [1.54, 1.807) is 24.3 Å². The summed E-state index contributed by atoms with van der Waals surface area (Å²) >= 11 is 18.1. The molecule has 0 saturated heterocycles. The van der Waals surface area contributed by atoms with E-state index in [0.717, 1.165) is 4.90 Å². The van der Waals surface area contributed by atoms with E-state index >= 15 is 0 Å². The zero-order valence-corrected chi connectivity index (χ0v) is 17.5. The molecule has 1 aliphatic heterocycles. The molecule has 0 radical (unpaired) electrons. The number of hydrogen-bond donors (Lipinski definition) is 1. The lowest BCUT2D eigenvalue weighted by Crippen LogP contribution is -2.32. The summed E-state index contributed by atoms with van der Waals surface area (Å²) in [6.07, 6.45) is 0. The van der Waals surface area contributed by atoms with Crippen molar-refractivity contribution in [3.8, 4) is 11.5 Å². The molecule has 4 rings (SSSR count). The van der Waals surface area contributed by atoms with Gasteiger partial charge in [0.1, 0.15) is 22.2 Å². The molecule has 1 aliphatic rings. The zero-order chi connectivity index (χ0) is 21.3. The van der Waals surface area contributed by atoms with Crippen molar-refractivity contribution in [1.29, 1.82) is 0 Å². The van der Waals surface area contributed by atoms with Crippen LogP contribution < -0.4 is 15.0 Å². The van der Waals surface area contributed by atoms with Crippen molar-refractivity contribution in [1.82, 2.24) is 0 Å². The molecule has 8 heteroatoms. The fraction of sp³-hybridized carbons (Fsp3) is 0. The highest BCUT2D eigenvalue weighted by Gasteiger charge is 2.39. The average molecular weight is 460 g/mol. The van der Waals surface area contributed by atoms with E-state index in [1.807, 2.05) is 30.3 Å². The number of carbonyl (C=O) groups is 2. The summed E-state index contributed by atoms with van der Waals surface area (Å²) in [5.41, 5.74) is 0.772. The first-order chi connectivity index (χ1) is 14.4. The van der Waals surface area contributed by atoms with Gasteiger partial charge in [-0.1, -0.05) is 53.0 Å². The minimum atomic E-state index is -0.661. The molecule has 0 bridgehead atoms. The standard InChI is InChI=1S/C22H13Cl3N2O3/c23-13-10-14(24)12-16(11-13)27-21(28)19(25)20(22(27)29)26-15-6-8-18(9-7-15)30-17-4-2-1-3-5-17/h1-12,26H. The van der Waals surface area contributed by atoms with Crippen LogP contribution in [0, 0.1) is 0 Å². The van der Waals surface area contributed by atoms with Crippen LogP contribution in [0.1, 0.15) is 0 Å². The normalized spacial score (nSPS) is 13.8. The SMILES string of the molecule is O=C1C(Cl)=C(Nc2ccc(Oc3ccccc3)cc2)C(=O)N1c1cc(Cl)cc(Cl)c1. The predicted octanol–water partition coefficient (Wildman–Crippen LogP) is 6.22. The first-order valence-corrected chi connectivity index (χ1v) is 9.90. The fourth-order valence-electron chi connectivity index (χ4n) is 2.89. The van der Waals surface area contributed by atoms with Crippen LogP contribution in [-0.4, -0.2) is 11.8 Å². The first-order valence-electron chi connectivity index (χ1n) is 8.77. The number of carbonyl (C=O) groups excluding carboxylic acids is 2. The van der Waals surface area contributed by atoms with Gasteiger partial charge in [-0.25, -0.2) is 4.90 Å². The van der Waals surface area contributed by atoms with E-state index in [2.05, 4.69) is 5.32 Å². The van der Waals surface area contributed by atoms with Crippen molar-refractivity contribution in [2.24, 2.45) is 0 Å². The lowest BCUT2D eigenvalue weighted by molar-refractivity contribution is -0.120. The van der Waals surface area contributed by atoms with E-state index in [1.165, 1.54) is 18.2 Å². The van der Waals surface area contributed by atoms with Crippen molar-refractivity contribution < 1.29 is 14.3 Å². The number of halogens is 3. The molecule has 0 aromatic heterocycles. The van der Waals surface area contributed by atoms with Crippen LogP contribution in [0.2, 0.25) is 10.0 Å². The third-order valence-electron chi connectivity index (χ3n) is 4.24. The Hall–Kier alpha value is -2.99. The van der Waals surface area contributed by atoms with Crippen LogP contribution in [0.5, 0.6) is 11.5 Å². The van der Waals surface area contributed by atoms with Crippen molar-refractivity contribution in [2.75, 3.05) is 10.2 Å². The van der Waals surface area contributed by atoms with Crippen LogP contribution in [0.4, 0.5) is 11.4 Å². The molecule has 150 valence electrons. The van der Waals surface area contributed by atoms with E-state index < -0.39 is 11.8 Å². The Morgan fingerprint density at radius 1 is 0.733 bits per heavy atom. The molecule has 0 fully saturated rings. The third kappa shape index (κ3) is 4.14. The molecule has 1 N–H and O–H groups in total. The van der Waals surface area contributed by atoms with Gasteiger partial charge in [0, 0.05) is 15.7 Å². The Balaban J connectivity index is 1.53. The van der Waals surface area contributed by atoms with Gasteiger partial charge in [-0.05, 0) is 54.6 Å². The molecule has 30 heavy (non-hydrogen) atoms. The highest BCUT2D eigenvalue weighted by atomic mass is 35.5. The highest BCUT2D eigenvalue weighted by molar-refractivity contribution is 6.53. The number of anilines is 2. The summed E-state index contributed by atoms with van der Waals surface area (Å²) in [6, 6.07) is 20.7. The summed E-state index contributed by atoms with van der Waals surface area (Å²) in [7, 11) is 0. The number of ether oxygens (including phenoxy) is 1. The largest absolute Gasteiger partial charge is 0.457 e. The molecule has 0 spiro atoms. The molecule has 1 heterocycles. The van der Waals surface area contributed by atoms with Crippen LogP contribution >= 0.6 is 34.8 Å². The van der Waals surface area contributed by atoms with Gasteiger partial charge in [-0.2, -0.15) is 0 Å². The van der Waals surface area contributed by atoms with Crippen molar-refractivity contribution in [2.45, 2.75) is 0 Å². The summed E-state index contributed by atoms with van der Waals surface area (Å²) < 4.78 is 5.74. The summed E-state index contributed by atoms with van der Waals surface area (Å²) in [5.74, 6) is 0.0617. The second kappa shape index (κ2) is 8.40. The van der Waals surface area contributed by atoms with E-state index in [0.29, 0.717) is 27.2 Å². The van der Waals surface area contributed by atoms with Gasteiger partial charge in [0.2, 0.25) is 0 Å². The Morgan fingerprint density at radius 3 is 1.97 bits per heavy atom. The maximum Gasteiger partial charge on any atom is 0.283 e. The third-order valence-corrected chi connectivity index (χ3v) is 5.02. The monoisotopic (exact) mass is 458 g/mol. The Morgan fingerprint density at radius 2 is 1.33 bits per heavy atom. The number of rotatable bonds is 5. The number of nitrogens with one attached hydrogen (secondary N) is 1. The Bertz CT molecular complexity index is 1140. The second-order valence-electron chi connectivity index (χ2n) is 6.33. The number of amides is 2. The predicted molar refractivity (Wildman–Crippen MR) is 118 cm³/mol. The molecular weight excluding hydrogens is 447 g/mol. The lowest BCUT2D eigenvalue weighted by Gasteiger charge is -2.16. The topological polar surface area (TPSA) is 58.6 Å². The van der Waals surface area contributed by atoms with Gasteiger partial charge in [0.25, 0.3) is 11.8 Å². The Labute approximate surface area is 187 Å². The van der Waals surface area contributed by atoms with Crippen molar-refractivity contribution in [3.05, 3.63) is 93.6 Å². The molecular formula is C22H13Cl3N2O3. The molecule has 0 unspecified atom stereocenters. The number of para-hydroxylation sites is 1. The molecule has 0 atom stereocenters. The van der Waals surface area contributed by atoms with Crippen molar-refractivity contribution in [3.63, 3.8) is 0 Å².